The minimum atomic E-state index is 0.0589. The van der Waals surface area contributed by atoms with Crippen molar-refractivity contribution in [3.05, 3.63) is 83.7 Å². The molecule has 4 aromatic rings. The molecule has 0 amide bonds. The van der Waals surface area contributed by atoms with Crippen LogP contribution in [0.25, 0.3) is 17.1 Å². The maximum absolute atomic E-state index is 12.9. The summed E-state index contributed by atoms with van der Waals surface area (Å²) in [6, 6.07) is 17.7. The van der Waals surface area contributed by atoms with Gasteiger partial charge in [-0.2, -0.15) is 0 Å². The van der Waals surface area contributed by atoms with Crippen molar-refractivity contribution in [3.8, 4) is 22.8 Å². The average Bonchev–Trinajstić information content (AvgIpc) is 3.45. The van der Waals surface area contributed by atoms with E-state index in [2.05, 4.69) is 34.2 Å². The summed E-state index contributed by atoms with van der Waals surface area (Å²) in [5.74, 6) is 1.93. The first-order valence-electron chi connectivity index (χ1n) is 10.0. The van der Waals surface area contributed by atoms with Crippen LogP contribution in [0.5, 0.6) is 5.75 Å². The van der Waals surface area contributed by atoms with Gasteiger partial charge < -0.3 is 4.74 Å². The van der Waals surface area contributed by atoms with Crippen LogP contribution in [0, 0.1) is 6.92 Å². The molecule has 0 radical (unpaired) electrons. The molecule has 0 aliphatic carbocycles. The highest BCUT2D eigenvalue weighted by atomic mass is 32.2. The second kappa shape index (κ2) is 8.35. The number of ketones is 1. The fourth-order valence-corrected chi connectivity index (χ4v) is 4.40. The Morgan fingerprint density at radius 3 is 2.68 bits per heavy atom. The average molecular weight is 429 g/mol. The molecule has 0 atom stereocenters. The van der Waals surface area contributed by atoms with E-state index in [1.807, 2.05) is 47.0 Å². The zero-order valence-corrected chi connectivity index (χ0v) is 17.8. The number of nitrogens with zero attached hydrogens (tertiary/aromatic N) is 4. The molecule has 0 spiro atoms. The van der Waals surface area contributed by atoms with Crippen LogP contribution in [0.1, 0.15) is 21.5 Å². The molecule has 1 aliphatic rings. The topological polar surface area (TPSA) is 69.9 Å². The molecule has 0 saturated heterocycles. The number of carbonyl (C=O) groups excluding carboxylic acids is 1. The van der Waals surface area contributed by atoms with Gasteiger partial charge in [0.1, 0.15) is 5.75 Å². The monoisotopic (exact) mass is 428 g/mol. The summed E-state index contributed by atoms with van der Waals surface area (Å²) in [6.45, 7) is 2.73. The molecular formula is C24H20N4O2S. The van der Waals surface area contributed by atoms with Gasteiger partial charge in [-0.3, -0.25) is 14.3 Å². The molecule has 0 saturated carbocycles. The first-order valence-corrected chi connectivity index (χ1v) is 11.0. The van der Waals surface area contributed by atoms with E-state index in [0.717, 1.165) is 34.8 Å². The number of pyridine rings is 1. The first kappa shape index (κ1) is 19.5. The lowest BCUT2D eigenvalue weighted by atomic mass is 10.1. The van der Waals surface area contributed by atoms with Gasteiger partial charge in [-0.25, -0.2) is 0 Å². The summed E-state index contributed by atoms with van der Waals surface area (Å²) >= 11 is 1.39. The van der Waals surface area contributed by atoms with Crippen molar-refractivity contribution >= 4 is 17.5 Å². The van der Waals surface area contributed by atoms with E-state index < -0.39 is 0 Å². The summed E-state index contributed by atoms with van der Waals surface area (Å²) < 4.78 is 7.53. The number of aromatic nitrogens is 4. The summed E-state index contributed by atoms with van der Waals surface area (Å²) in [7, 11) is 0. The van der Waals surface area contributed by atoms with Crippen molar-refractivity contribution < 1.29 is 9.53 Å². The predicted molar refractivity (Wildman–Crippen MR) is 120 cm³/mol. The Balaban J connectivity index is 1.44. The first-order chi connectivity index (χ1) is 15.2. The standard InChI is InChI=1S/C24H20N4O2S/c1-16-2-5-20(6-3-16)28-23(17-8-11-25-12-9-17)26-27-24(28)31-15-21(29)18-4-7-22-19(14-18)10-13-30-22/h2-9,11-12,14H,10,13,15H2,1H3. The molecule has 154 valence electrons. The molecule has 0 unspecified atom stereocenters. The Labute approximate surface area is 184 Å². The lowest BCUT2D eigenvalue weighted by molar-refractivity contribution is 0.102. The molecule has 2 aromatic carbocycles. The Morgan fingerprint density at radius 1 is 1.06 bits per heavy atom. The van der Waals surface area contributed by atoms with E-state index >= 15 is 0 Å². The smallest absolute Gasteiger partial charge is 0.196 e. The molecule has 7 heteroatoms. The highest BCUT2D eigenvalue weighted by Crippen LogP contribution is 2.30. The number of ether oxygens (including phenoxy) is 1. The van der Waals surface area contributed by atoms with E-state index in [4.69, 9.17) is 4.74 Å². The van der Waals surface area contributed by atoms with E-state index in [-0.39, 0.29) is 11.5 Å². The lowest BCUT2D eigenvalue weighted by Crippen LogP contribution is -2.05. The van der Waals surface area contributed by atoms with Crippen molar-refractivity contribution in [2.45, 2.75) is 18.5 Å². The van der Waals surface area contributed by atoms with Crippen LogP contribution in [0.4, 0.5) is 0 Å². The summed E-state index contributed by atoms with van der Waals surface area (Å²) in [6.07, 6.45) is 4.31. The number of fused-ring (bicyclic) bond motifs is 1. The lowest BCUT2D eigenvalue weighted by Gasteiger charge is -2.10. The van der Waals surface area contributed by atoms with E-state index in [9.17, 15) is 4.79 Å². The van der Waals surface area contributed by atoms with Gasteiger partial charge >= 0.3 is 0 Å². The Morgan fingerprint density at radius 2 is 1.87 bits per heavy atom. The fraction of sp³-hybridized carbons (Fsp3) is 0.167. The van der Waals surface area contributed by atoms with Crippen LogP contribution >= 0.6 is 11.8 Å². The molecular weight excluding hydrogens is 408 g/mol. The van der Waals surface area contributed by atoms with E-state index in [1.165, 1.54) is 17.3 Å². The number of thioether (sulfide) groups is 1. The number of hydrogen-bond acceptors (Lipinski definition) is 6. The third-order valence-corrected chi connectivity index (χ3v) is 6.14. The summed E-state index contributed by atoms with van der Waals surface area (Å²) in [4.78, 5) is 17.0. The zero-order chi connectivity index (χ0) is 21.2. The SMILES string of the molecule is Cc1ccc(-n2c(SCC(=O)c3ccc4c(c3)CCO4)nnc2-c2ccncc2)cc1. The minimum absolute atomic E-state index is 0.0589. The largest absolute Gasteiger partial charge is 0.493 e. The summed E-state index contributed by atoms with van der Waals surface area (Å²) in [5.41, 5.74) is 4.84. The van der Waals surface area contributed by atoms with Gasteiger partial charge in [0.2, 0.25) is 0 Å². The Hall–Kier alpha value is -3.45. The maximum Gasteiger partial charge on any atom is 0.196 e. The van der Waals surface area contributed by atoms with Gasteiger partial charge in [0.25, 0.3) is 0 Å². The van der Waals surface area contributed by atoms with Crippen molar-refractivity contribution in [3.63, 3.8) is 0 Å². The van der Waals surface area contributed by atoms with Gasteiger partial charge in [-0.05, 0) is 55.0 Å². The third kappa shape index (κ3) is 3.96. The van der Waals surface area contributed by atoms with Crippen LogP contribution in [0.2, 0.25) is 0 Å². The normalized spacial score (nSPS) is 12.4. The highest BCUT2D eigenvalue weighted by molar-refractivity contribution is 7.99. The molecule has 6 nitrogen and oxygen atoms in total. The van der Waals surface area contributed by atoms with Gasteiger partial charge in [-0.1, -0.05) is 29.5 Å². The van der Waals surface area contributed by atoms with Crippen LogP contribution in [0.15, 0.2) is 72.1 Å². The minimum Gasteiger partial charge on any atom is -0.493 e. The van der Waals surface area contributed by atoms with Gasteiger partial charge in [0, 0.05) is 35.6 Å². The van der Waals surface area contributed by atoms with E-state index in [0.29, 0.717) is 17.3 Å². The van der Waals surface area contributed by atoms with Crippen molar-refractivity contribution in [1.82, 2.24) is 19.7 Å². The van der Waals surface area contributed by atoms with Crippen molar-refractivity contribution in [2.75, 3.05) is 12.4 Å². The molecule has 0 N–H and O–H groups in total. The number of hydrogen-bond donors (Lipinski definition) is 0. The van der Waals surface area contributed by atoms with Crippen LogP contribution in [-0.2, 0) is 6.42 Å². The quantitative estimate of drug-likeness (QED) is 0.332. The predicted octanol–water partition coefficient (Wildman–Crippen LogP) is 4.55. The fourth-order valence-electron chi connectivity index (χ4n) is 3.55. The highest BCUT2D eigenvalue weighted by Gasteiger charge is 2.19. The molecule has 3 heterocycles. The summed E-state index contributed by atoms with van der Waals surface area (Å²) in [5, 5.41) is 9.49. The molecule has 31 heavy (non-hydrogen) atoms. The van der Waals surface area contributed by atoms with Gasteiger partial charge in [0.15, 0.2) is 16.8 Å². The molecule has 0 fully saturated rings. The Kier molecular flexibility index (Phi) is 5.26. The second-order valence-electron chi connectivity index (χ2n) is 7.35. The van der Waals surface area contributed by atoms with Crippen molar-refractivity contribution in [2.24, 2.45) is 0 Å². The van der Waals surface area contributed by atoms with Crippen LogP contribution < -0.4 is 4.74 Å². The van der Waals surface area contributed by atoms with E-state index in [1.54, 1.807) is 12.4 Å². The number of carbonyl (C=O) groups is 1. The van der Waals surface area contributed by atoms with Crippen LogP contribution in [-0.4, -0.2) is 37.9 Å². The third-order valence-electron chi connectivity index (χ3n) is 5.21. The van der Waals surface area contributed by atoms with Crippen molar-refractivity contribution in [1.29, 1.82) is 0 Å². The maximum atomic E-state index is 12.9. The number of benzene rings is 2. The van der Waals surface area contributed by atoms with Gasteiger partial charge in [-0.15, -0.1) is 10.2 Å². The zero-order valence-electron chi connectivity index (χ0n) is 17.0. The number of Topliss-reactive ketones (excluding diaryl/α,β-unsaturated/α-hetero) is 1. The molecule has 1 aliphatic heterocycles. The molecule has 2 aromatic heterocycles. The number of rotatable bonds is 6. The van der Waals surface area contributed by atoms with Gasteiger partial charge in [0.05, 0.1) is 12.4 Å². The molecule has 5 rings (SSSR count). The molecule has 0 bridgehead atoms. The number of aryl methyl sites for hydroxylation is 1. The van der Waals surface area contributed by atoms with Crippen LogP contribution in [0.3, 0.4) is 0 Å². The second-order valence-corrected chi connectivity index (χ2v) is 8.29. The Bertz CT molecular complexity index is 1240.